The monoisotopic (exact) mass is 279 g/mol. The smallest absolute Gasteiger partial charge is 0.0776 e. The van der Waals surface area contributed by atoms with E-state index in [-0.39, 0.29) is 11.6 Å². The van der Waals surface area contributed by atoms with Gasteiger partial charge < -0.3 is 5.11 Å². The van der Waals surface area contributed by atoms with Gasteiger partial charge in [0.15, 0.2) is 0 Å². The molecule has 0 radical (unpaired) electrons. The van der Waals surface area contributed by atoms with Gasteiger partial charge in [0, 0.05) is 24.7 Å². The molecular formula is C16H29N3O. The topological polar surface area (TPSA) is 41.3 Å². The number of aliphatic hydroxyl groups excluding tert-OH is 1. The van der Waals surface area contributed by atoms with Crippen LogP contribution in [0.25, 0.3) is 0 Å². The molecule has 0 saturated carbocycles. The Balaban J connectivity index is 2.11. The van der Waals surface area contributed by atoms with Crippen LogP contribution in [0.15, 0.2) is 6.07 Å². The summed E-state index contributed by atoms with van der Waals surface area (Å²) >= 11 is 0. The largest absolute Gasteiger partial charge is 0.391 e. The van der Waals surface area contributed by atoms with E-state index in [1.165, 1.54) is 12.8 Å². The summed E-state index contributed by atoms with van der Waals surface area (Å²) in [6.07, 6.45) is 4.78. The van der Waals surface area contributed by atoms with E-state index >= 15 is 0 Å². The highest BCUT2D eigenvalue weighted by Crippen LogP contribution is 2.29. The van der Waals surface area contributed by atoms with Crippen LogP contribution in [0.4, 0.5) is 0 Å². The van der Waals surface area contributed by atoms with E-state index in [9.17, 15) is 5.11 Å². The Morgan fingerprint density at radius 1 is 1.35 bits per heavy atom. The summed E-state index contributed by atoms with van der Waals surface area (Å²) in [7, 11) is 1.97. The minimum absolute atomic E-state index is 0.118. The predicted octanol–water partition coefficient (Wildman–Crippen LogP) is 2.15. The molecule has 1 aliphatic rings. The molecule has 1 fully saturated rings. The van der Waals surface area contributed by atoms with Crippen LogP contribution in [0, 0.1) is 0 Å². The number of aliphatic hydroxyl groups is 1. The zero-order valence-corrected chi connectivity index (χ0v) is 13.4. The van der Waals surface area contributed by atoms with Crippen LogP contribution in [-0.4, -0.2) is 44.5 Å². The number of rotatable bonds is 6. The second-order valence-corrected chi connectivity index (χ2v) is 6.23. The molecule has 2 atom stereocenters. The third-order valence-corrected chi connectivity index (χ3v) is 5.05. The molecule has 20 heavy (non-hydrogen) atoms. The predicted molar refractivity (Wildman–Crippen MR) is 81.8 cm³/mol. The second kappa shape index (κ2) is 6.27. The lowest BCUT2D eigenvalue weighted by molar-refractivity contribution is -0.0126. The van der Waals surface area contributed by atoms with Crippen molar-refractivity contribution < 1.29 is 5.11 Å². The van der Waals surface area contributed by atoms with Crippen LogP contribution in [-0.2, 0) is 19.9 Å². The number of aryl methyl sites for hydroxylation is 2. The molecule has 2 heterocycles. The van der Waals surface area contributed by atoms with E-state index in [0.717, 1.165) is 37.3 Å². The highest BCUT2D eigenvalue weighted by molar-refractivity contribution is 5.13. The number of aromatic nitrogens is 2. The first kappa shape index (κ1) is 15.5. The van der Waals surface area contributed by atoms with Gasteiger partial charge in [-0.3, -0.25) is 9.58 Å². The Hall–Kier alpha value is -0.870. The molecule has 1 aliphatic heterocycles. The van der Waals surface area contributed by atoms with Crippen LogP contribution in [0.1, 0.15) is 51.4 Å². The maximum atomic E-state index is 10.8. The minimum Gasteiger partial charge on any atom is -0.391 e. The summed E-state index contributed by atoms with van der Waals surface area (Å²) in [6, 6.07) is 2.13. The van der Waals surface area contributed by atoms with Crippen molar-refractivity contribution in [3.8, 4) is 0 Å². The molecule has 1 aromatic rings. The van der Waals surface area contributed by atoms with Crippen molar-refractivity contribution in [1.29, 1.82) is 0 Å². The third-order valence-electron chi connectivity index (χ3n) is 5.05. The molecule has 0 aromatic carbocycles. The molecule has 0 aliphatic carbocycles. The lowest BCUT2D eigenvalue weighted by atomic mass is 9.87. The van der Waals surface area contributed by atoms with Crippen molar-refractivity contribution in [3.05, 3.63) is 17.5 Å². The van der Waals surface area contributed by atoms with E-state index in [0.29, 0.717) is 6.42 Å². The zero-order chi connectivity index (χ0) is 14.8. The normalized spacial score (nSPS) is 21.1. The first-order valence-corrected chi connectivity index (χ1v) is 7.96. The number of hydrogen-bond acceptors (Lipinski definition) is 3. The molecule has 0 amide bonds. The summed E-state index contributed by atoms with van der Waals surface area (Å²) in [6.45, 7) is 8.74. The maximum absolute atomic E-state index is 10.8. The summed E-state index contributed by atoms with van der Waals surface area (Å²) in [5, 5.41) is 15.3. The standard InChI is InChI=1S/C16H29N3O/c1-5-13-11-14(18(4)17-13)12-15(20)16(3,6-2)19-9-7-8-10-19/h11,15,20H,5-10,12H2,1-4H3. The fraction of sp³-hybridized carbons (Fsp3) is 0.812. The Labute approximate surface area is 122 Å². The van der Waals surface area contributed by atoms with Gasteiger partial charge in [0.25, 0.3) is 0 Å². The van der Waals surface area contributed by atoms with Crippen molar-refractivity contribution in [2.75, 3.05) is 13.1 Å². The number of likely N-dealkylation sites (tertiary alicyclic amines) is 1. The van der Waals surface area contributed by atoms with Crippen LogP contribution < -0.4 is 0 Å². The Bertz CT molecular complexity index is 437. The minimum atomic E-state index is -0.342. The lowest BCUT2D eigenvalue weighted by Crippen LogP contribution is -2.54. The van der Waals surface area contributed by atoms with Crippen LogP contribution in [0.5, 0.6) is 0 Å². The quantitative estimate of drug-likeness (QED) is 0.867. The van der Waals surface area contributed by atoms with Gasteiger partial charge in [-0.05, 0) is 51.8 Å². The summed E-state index contributed by atoms with van der Waals surface area (Å²) in [5.41, 5.74) is 2.12. The Morgan fingerprint density at radius 2 is 2.00 bits per heavy atom. The average Bonchev–Trinajstić information content (AvgIpc) is 3.08. The van der Waals surface area contributed by atoms with Crippen molar-refractivity contribution in [1.82, 2.24) is 14.7 Å². The molecule has 1 saturated heterocycles. The third kappa shape index (κ3) is 2.91. The van der Waals surface area contributed by atoms with Gasteiger partial charge in [-0.1, -0.05) is 13.8 Å². The van der Waals surface area contributed by atoms with Gasteiger partial charge in [0.1, 0.15) is 0 Å². The number of hydrogen-bond donors (Lipinski definition) is 1. The second-order valence-electron chi connectivity index (χ2n) is 6.23. The van der Waals surface area contributed by atoms with E-state index in [1.54, 1.807) is 0 Å². The van der Waals surface area contributed by atoms with E-state index < -0.39 is 0 Å². The highest BCUT2D eigenvalue weighted by Gasteiger charge is 2.38. The molecule has 114 valence electrons. The van der Waals surface area contributed by atoms with Gasteiger partial charge in [-0.2, -0.15) is 5.10 Å². The molecular weight excluding hydrogens is 250 g/mol. The first-order chi connectivity index (χ1) is 9.51. The molecule has 2 rings (SSSR count). The van der Waals surface area contributed by atoms with Crippen LogP contribution in [0.2, 0.25) is 0 Å². The molecule has 4 heteroatoms. The molecule has 4 nitrogen and oxygen atoms in total. The lowest BCUT2D eigenvalue weighted by Gasteiger charge is -2.42. The Kier molecular flexibility index (Phi) is 4.86. The van der Waals surface area contributed by atoms with Crippen molar-refractivity contribution in [2.24, 2.45) is 7.05 Å². The maximum Gasteiger partial charge on any atom is 0.0776 e. The van der Waals surface area contributed by atoms with Gasteiger partial charge >= 0.3 is 0 Å². The molecule has 1 aromatic heterocycles. The molecule has 0 spiro atoms. The van der Waals surface area contributed by atoms with E-state index in [4.69, 9.17) is 0 Å². The number of nitrogens with zero attached hydrogens (tertiary/aromatic N) is 3. The SMILES string of the molecule is CCc1cc(CC(O)C(C)(CC)N2CCCC2)n(C)n1. The van der Waals surface area contributed by atoms with Crippen molar-refractivity contribution in [3.63, 3.8) is 0 Å². The van der Waals surface area contributed by atoms with Crippen LogP contribution >= 0.6 is 0 Å². The van der Waals surface area contributed by atoms with Gasteiger partial charge in [-0.15, -0.1) is 0 Å². The first-order valence-electron chi connectivity index (χ1n) is 7.96. The van der Waals surface area contributed by atoms with Crippen molar-refractivity contribution >= 4 is 0 Å². The Morgan fingerprint density at radius 3 is 2.50 bits per heavy atom. The van der Waals surface area contributed by atoms with E-state index in [1.807, 2.05) is 11.7 Å². The van der Waals surface area contributed by atoms with Crippen molar-refractivity contribution in [2.45, 2.75) is 64.5 Å². The van der Waals surface area contributed by atoms with Gasteiger partial charge in [0.2, 0.25) is 0 Å². The zero-order valence-electron chi connectivity index (χ0n) is 13.4. The molecule has 1 N–H and O–H groups in total. The highest BCUT2D eigenvalue weighted by atomic mass is 16.3. The van der Waals surface area contributed by atoms with E-state index in [2.05, 4.69) is 36.8 Å². The summed E-state index contributed by atoms with van der Waals surface area (Å²) in [5.74, 6) is 0. The summed E-state index contributed by atoms with van der Waals surface area (Å²) in [4.78, 5) is 2.47. The molecule has 2 unspecified atom stereocenters. The summed E-state index contributed by atoms with van der Waals surface area (Å²) < 4.78 is 1.92. The molecule has 0 bridgehead atoms. The van der Waals surface area contributed by atoms with Gasteiger partial charge in [-0.25, -0.2) is 0 Å². The fourth-order valence-corrected chi connectivity index (χ4v) is 3.25. The van der Waals surface area contributed by atoms with Gasteiger partial charge in [0.05, 0.1) is 11.8 Å². The van der Waals surface area contributed by atoms with Crippen LogP contribution in [0.3, 0.4) is 0 Å². The average molecular weight is 279 g/mol. The fourth-order valence-electron chi connectivity index (χ4n) is 3.25.